The fraction of sp³-hybridized carbons (Fsp3) is 0.200. The number of benzene rings is 2. The van der Waals surface area contributed by atoms with Crippen LogP contribution in [-0.4, -0.2) is 14.5 Å². The largest absolute Gasteiger partial charge is 0.491 e. The first-order chi connectivity index (χ1) is 10.3. The molecule has 7 heteroatoms. The van der Waals surface area contributed by atoms with Crippen LogP contribution in [0.1, 0.15) is 13.8 Å². The van der Waals surface area contributed by atoms with Gasteiger partial charge in [-0.25, -0.2) is 8.42 Å². The highest BCUT2D eigenvalue weighted by Gasteiger charge is 2.16. The molecule has 22 heavy (non-hydrogen) atoms. The summed E-state index contributed by atoms with van der Waals surface area (Å²) in [6, 6.07) is 10.7. The van der Waals surface area contributed by atoms with E-state index in [0.717, 1.165) is 0 Å². The Hall–Kier alpha value is -1.43. The van der Waals surface area contributed by atoms with E-state index >= 15 is 0 Å². The monoisotopic (exact) mass is 359 g/mol. The molecule has 0 aliphatic heterocycles. The van der Waals surface area contributed by atoms with E-state index in [0.29, 0.717) is 10.8 Å². The Bertz CT molecular complexity index is 759. The average Bonchev–Trinajstić information content (AvgIpc) is 2.42. The van der Waals surface area contributed by atoms with Crippen LogP contribution in [0.3, 0.4) is 0 Å². The van der Waals surface area contributed by atoms with Crippen LogP contribution in [0.2, 0.25) is 10.0 Å². The second-order valence-electron chi connectivity index (χ2n) is 4.87. The lowest BCUT2D eigenvalue weighted by Crippen LogP contribution is -2.13. The zero-order valence-electron chi connectivity index (χ0n) is 12.0. The normalized spacial score (nSPS) is 11.5. The van der Waals surface area contributed by atoms with Crippen LogP contribution < -0.4 is 9.46 Å². The van der Waals surface area contributed by atoms with Gasteiger partial charge in [-0.2, -0.15) is 0 Å². The summed E-state index contributed by atoms with van der Waals surface area (Å²) in [6.45, 7) is 3.80. The smallest absolute Gasteiger partial charge is 0.261 e. The molecule has 2 aromatic carbocycles. The predicted octanol–water partition coefficient (Wildman–Crippen LogP) is 4.58. The van der Waals surface area contributed by atoms with Crippen LogP contribution >= 0.6 is 23.2 Å². The van der Waals surface area contributed by atoms with Crippen molar-refractivity contribution in [1.29, 1.82) is 0 Å². The molecule has 0 fully saturated rings. The van der Waals surface area contributed by atoms with Gasteiger partial charge in [0.2, 0.25) is 0 Å². The molecule has 2 rings (SSSR count). The molecule has 4 nitrogen and oxygen atoms in total. The quantitative estimate of drug-likeness (QED) is 0.849. The highest BCUT2D eigenvalue weighted by atomic mass is 35.5. The maximum absolute atomic E-state index is 12.3. The molecule has 1 N–H and O–H groups in total. The van der Waals surface area contributed by atoms with Crippen LogP contribution in [-0.2, 0) is 10.0 Å². The van der Waals surface area contributed by atoms with Crippen LogP contribution in [0.4, 0.5) is 5.69 Å². The van der Waals surface area contributed by atoms with Crippen molar-refractivity contribution in [3.05, 3.63) is 52.5 Å². The molecular formula is C15H15Cl2NO3S. The maximum Gasteiger partial charge on any atom is 0.261 e. The summed E-state index contributed by atoms with van der Waals surface area (Å²) < 4.78 is 32.6. The second kappa shape index (κ2) is 6.77. The highest BCUT2D eigenvalue weighted by Crippen LogP contribution is 2.28. The number of sulfonamides is 1. The van der Waals surface area contributed by atoms with Crippen molar-refractivity contribution in [3.63, 3.8) is 0 Å². The minimum atomic E-state index is -3.73. The fourth-order valence-electron chi connectivity index (χ4n) is 1.75. The summed E-state index contributed by atoms with van der Waals surface area (Å²) >= 11 is 11.8. The van der Waals surface area contributed by atoms with Gasteiger partial charge in [-0.1, -0.05) is 23.2 Å². The van der Waals surface area contributed by atoms with Crippen molar-refractivity contribution in [1.82, 2.24) is 0 Å². The standard InChI is InChI=1S/C15H15Cl2NO3S/c1-10(2)21-12-4-6-13(7-5-12)22(19,20)18-15-8-3-11(16)9-14(15)17/h3-10,18H,1-2H3. The van der Waals surface area contributed by atoms with E-state index in [1.807, 2.05) is 13.8 Å². The topological polar surface area (TPSA) is 55.4 Å². The lowest BCUT2D eigenvalue weighted by atomic mass is 10.3. The summed E-state index contributed by atoms with van der Waals surface area (Å²) in [5, 5.41) is 0.666. The molecule has 0 heterocycles. The minimum absolute atomic E-state index is 0.0217. The average molecular weight is 360 g/mol. The van der Waals surface area contributed by atoms with Gasteiger partial charge in [0.1, 0.15) is 5.75 Å². The lowest BCUT2D eigenvalue weighted by Gasteiger charge is -2.12. The minimum Gasteiger partial charge on any atom is -0.491 e. The third-order valence-corrected chi connectivity index (χ3v) is 4.61. The molecule has 0 saturated heterocycles. The van der Waals surface area contributed by atoms with Crippen molar-refractivity contribution in [3.8, 4) is 5.75 Å². The number of rotatable bonds is 5. The first-order valence-electron chi connectivity index (χ1n) is 6.52. The summed E-state index contributed by atoms with van der Waals surface area (Å²) in [6.07, 6.45) is 0.0217. The molecule has 0 aliphatic carbocycles. The second-order valence-corrected chi connectivity index (χ2v) is 7.39. The molecule has 0 aliphatic rings. The molecule has 0 saturated carbocycles. The van der Waals surface area contributed by atoms with Gasteiger partial charge in [0.25, 0.3) is 10.0 Å². The number of nitrogens with one attached hydrogen (secondary N) is 1. The Morgan fingerprint density at radius 1 is 1.05 bits per heavy atom. The van der Waals surface area contributed by atoms with E-state index in [4.69, 9.17) is 27.9 Å². The Morgan fingerprint density at radius 2 is 1.68 bits per heavy atom. The molecule has 0 amide bonds. The van der Waals surface area contributed by atoms with E-state index in [1.165, 1.54) is 24.3 Å². The van der Waals surface area contributed by atoms with Crippen molar-refractivity contribution in [2.45, 2.75) is 24.8 Å². The van der Waals surface area contributed by atoms with E-state index in [2.05, 4.69) is 4.72 Å². The maximum atomic E-state index is 12.3. The van der Waals surface area contributed by atoms with Crippen LogP contribution in [0.25, 0.3) is 0 Å². The number of ether oxygens (including phenoxy) is 1. The molecule has 0 radical (unpaired) electrons. The zero-order valence-corrected chi connectivity index (χ0v) is 14.3. The van der Waals surface area contributed by atoms with Gasteiger partial charge >= 0.3 is 0 Å². The number of hydrogen-bond donors (Lipinski definition) is 1. The molecule has 0 bridgehead atoms. The van der Waals surface area contributed by atoms with E-state index in [1.54, 1.807) is 18.2 Å². The Morgan fingerprint density at radius 3 is 2.23 bits per heavy atom. The first kappa shape index (κ1) is 16.9. The third-order valence-electron chi connectivity index (χ3n) is 2.68. The Kier molecular flexibility index (Phi) is 5.21. The van der Waals surface area contributed by atoms with Gasteiger partial charge in [-0.15, -0.1) is 0 Å². The molecular weight excluding hydrogens is 345 g/mol. The molecule has 2 aromatic rings. The molecule has 0 aromatic heterocycles. The lowest BCUT2D eigenvalue weighted by molar-refractivity contribution is 0.242. The SMILES string of the molecule is CC(C)Oc1ccc(S(=O)(=O)Nc2ccc(Cl)cc2Cl)cc1. The van der Waals surface area contributed by atoms with Gasteiger partial charge in [0.15, 0.2) is 0 Å². The number of halogens is 2. The van der Waals surface area contributed by atoms with Crippen molar-refractivity contribution < 1.29 is 13.2 Å². The van der Waals surface area contributed by atoms with Gasteiger partial charge in [-0.3, -0.25) is 4.72 Å². The highest BCUT2D eigenvalue weighted by molar-refractivity contribution is 7.92. The third kappa shape index (κ3) is 4.29. The van der Waals surface area contributed by atoms with Gasteiger partial charge in [0, 0.05) is 5.02 Å². The predicted molar refractivity (Wildman–Crippen MR) is 89.5 cm³/mol. The summed E-state index contributed by atoms with van der Waals surface area (Å²) in [4.78, 5) is 0.120. The number of anilines is 1. The number of hydrogen-bond acceptors (Lipinski definition) is 3. The molecule has 0 atom stereocenters. The Balaban J connectivity index is 2.23. The van der Waals surface area contributed by atoms with Gasteiger partial charge < -0.3 is 4.74 Å². The molecule has 0 spiro atoms. The van der Waals surface area contributed by atoms with E-state index in [-0.39, 0.29) is 21.7 Å². The fourth-order valence-corrected chi connectivity index (χ4v) is 3.34. The van der Waals surface area contributed by atoms with E-state index < -0.39 is 10.0 Å². The first-order valence-corrected chi connectivity index (χ1v) is 8.76. The van der Waals surface area contributed by atoms with Crippen molar-refractivity contribution in [2.75, 3.05) is 4.72 Å². The Labute approximate surface area is 140 Å². The molecule has 0 unspecified atom stereocenters. The van der Waals surface area contributed by atoms with Crippen molar-refractivity contribution >= 4 is 38.9 Å². The summed E-state index contributed by atoms with van der Waals surface area (Å²) in [5.74, 6) is 0.610. The van der Waals surface area contributed by atoms with Crippen LogP contribution in [0.5, 0.6) is 5.75 Å². The van der Waals surface area contributed by atoms with Gasteiger partial charge in [0.05, 0.1) is 21.7 Å². The summed E-state index contributed by atoms with van der Waals surface area (Å²) in [5.41, 5.74) is 0.272. The van der Waals surface area contributed by atoms with Gasteiger partial charge in [-0.05, 0) is 56.3 Å². The van der Waals surface area contributed by atoms with Crippen LogP contribution in [0.15, 0.2) is 47.4 Å². The zero-order chi connectivity index (χ0) is 16.3. The summed E-state index contributed by atoms with van der Waals surface area (Å²) in [7, 11) is -3.73. The van der Waals surface area contributed by atoms with Crippen molar-refractivity contribution in [2.24, 2.45) is 0 Å². The van der Waals surface area contributed by atoms with Crippen LogP contribution in [0, 0.1) is 0 Å². The van der Waals surface area contributed by atoms with E-state index in [9.17, 15) is 8.42 Å². The molecule has 118 valence electrons.